The van der Waals surface area contributed by atoms with E-state index in [-0.39, 0.29) is 19.3 Å². The van der Waals surface area contributed by atoms with Crippen molar-refractivity contribution in [1.82, 2.24) is 10.2 Å². The number of likely N-dealkylation sites (N-methyl/N-ethyl adjacent to an activating group) is 1. The normalized spacial score (nSPS) is 23.6. The van der Waals surface area contributed by atoms with Gasteiger partial charge in [0.25, 0.3) is 0 Å². The molecule has 0 aromatic carbocycles. The first kappa shape index (κ1) is 13.7. The second-order valence-corrected chi connectivity index (χ2v) is 3.75. The van der Waals surface area contributed by atoms with E-state index in [9.17, 15) is 13.2 Å². The molecule has 4 nitrogen and oxygen atoms in total. The summed E-state index contributed by atoms with van der Waals surface area (Å²) in [5.41, 5.74) is 0. The van der Waals surface area contributed by atoms with Gasteiger partial charge < -0.3 is 15.0 Å². The van der Waals surface area contributed by atoms with E-state index in [1.54, 1.807) is 0 Å². The lowest BCUT2D eigenvalue weighted by molar-refractivity contribution is -0.323. The van der Waals surface area contributed by atoms with Crippen molar-refractivity contribution in [2.45, 2.75) is 12.5 Å². The van der Waals surface area contributed by atoms with Crippen molar-refractivity contribution in [3.63, 3.8) is 0 Å². The summed E-state index contributed by atoms with van der Waals surface area (Å²) in [6, 6.07) is 0. The quantitative estimate of drug-likeness (QED) is 0.709. The number of rotatable bonds is 5. The Bertz CT molecular complexity index is 202. The van der Waals surface area contributed by atoms with E-state index >= 15 is 0 Å². The first-order valence-corrected chi connectivity index (χ1v) is 5.19. The van der Waals surface area contributed by atoms with Gasteiger partial charge in [0.2, 0.25) is 0 Å². The number of hydrogen-bond acceptors (Lipinski definition) is 4. The number of hydrogen-bond donors (Lipinski definition) is 1. The van der Waals surface area contributed by atoms with Crippen LogP contribution in [0.1, 0.15) is 0 Å². The Labute approximate surface area is 92.7 Å². The summed E-state index contributed by atoms with van der Waals surface area (Å²) in [5.74, 6) is 0. The van der Waals surface area contributed by atoms with Crippen LogP contribution < -0.4 is 5.32 Å². The molecule has 1 N–H and O–H groups in total. The van der Waals surface area contributed by atoms with Crippen molar-refractivity contribution < 1.29 is 22.6 Å². The van der Waals surface area contributed by atoms with Crippen LogP contribution in [-0.2, 0) is 9.47 Å². The second kappa shape index (κ2) is 6.39. The molecule has 1 aliphatic heterocycles. The number of halogens is 3. The molecule has 96 valence electrons. The Morgan fingerprint density at radius 1 is 1.50 bits per heavy atom. The van der Waals surface area contributed by atoms with Crippen LogP contribution in [0.5, 0.6) is 0 Å². The van der Waals surface area contributed by atoms with Crippen LogP contribution in [0.3, 0.4) is 0 Å². The zero-order valence-electron chi connectivity index (χ0n) is 9.22. The van der Waals surface area contributed by atoms with E-state index in [1.165, 1.54) is 0 Å². The lowest BCUT2D eigenvalue weighted by Crippen LogP contribution is -2.45. The summed E-state index contributed by atoms with van der Waals surface area (Å²) in [6.07, 6.45) is -4.49. The maximum Gasteiger partial charge on any atom is 0.522 e. The zero-order valence-corrected chi connectivity index (χ0v) is 9.22. The zero-order chi connectivity index (χ0) is 12.0. The second-order valence-electron chi connectivity index (χ2n) is 3.75. The lowest BCUT2D eigenvalue weighted by Gasteiger charge is -2.30. The SMILES string of the molecule is CN1CCOC(CNCCOC(F)(F)F)C1. The predicted octanol–water partition coefficient (Wildman–Crippen LogP) is 0.443. The Kier molecular flexibility index (Phi) is 5.47. The fourth-order valence-electron chi connectivity index (χ4n) is 1.49. The van der Waals surface area contributed by atoms with Gasteiger partial charge in [-0.05, 0) is 7.05 Å². The summed E-state index contributed by atoms with van der Waals surface area (Å²) in [6.45, 7) is 2.71. The Balaban J connectivity index is 1.98. The molecule has 0 bridgehead atoms. The van der Waals surface area contributed by atoms with Gasteiger partial charge in [-0.2, -0.15) is 0 Å². The Morgan fingerprint density at radius 2 is 2.25 bits per heavy atom. The maximum atomic E-state index is 11.6. The molecular weight excluding hydrogens is 225 g/mol. The molecule has 16 heavy (non-hydrogen) atoms. The summed E-state index contributed by atoms with van der Waals surface area (Å²) in [4.78, 5) is 2.13. The highest BCUT2D eigenvalue weighted by molar-refractivity contribution is 4.70. The van der Waals surface area contributed by atoms with E-state index in [4.69, 9.17) is 4.74 Å². The van der Waals surface area contributed by atoms with Crippen LogP contribution in [0, 0.1) is 0 Å². The van der Waals surface area contributed by atoms with Crippen LogP contribution in [0.25, 0.3) is 0 Å². The molecule has 1 heterocycles. The molecule has 0 aliphatic carbocycles. The van der Waals surface area contributed by atoms with Gasteiger partial charge in [-0.3, -0.25) is 4.74 Å². The first-order chi connectivity index (χ1) is 7.47. The van der Waals surface area contributed by atoms with Gasteiger partial charge in [-0.25, -0.2) is 0 Å². The molecule has 1 fully saturated rings. The van der Waals surface area contributed by atoms with Crippen LogP contribution in [0.15, 0.2) is 0 Å². The first-order valence-electron chi connectivity index (χ1n) is 5.19. The van der Waals surface area contributed by atoms with Crippen LogP contribution in [-0.4, -0.2) is 63.8 Å². The average Bonchev–Trinajstić information content (AvgIpc) is 2.15. The van der Waals surface area contributed by atoms with E-state index in [1.807, 2.05) is 7.05 Å². The number of ether oxygens (including phenoxy) is 2. The minimum absolute atomic E-state index is 0.0460. The molecule has 0 aromatic rings. The Morgan fingerprint density at radius 3 is 2.88 bits per heavy atom. The molecule has 1 saturated heterocycles. The molecule has 0 saturated carbocycles. The van der Waals surface area contributed by atoms with Gasteiger partial charge in [0.15, 0.2) is 0 Å². The van der Waals surface area contributed by atoms with E-state index in [0.717, 1.165) is 13.1 Å². The van der Waals surface area contributed by atoms with Crippen molar-refractivity contribution in [3.05, 3.63) is 0 Å². The number of nitrogens with one attached hydrogen (secondary N) is 1. The van der Waals surface area contributed by atoms with Crippen molar-refractivity contribution in [1.29, 1.82) is 0 Å². The highest BCUT2D eigenvalue weighted by Crippen LogP contribution is 2.15. The summed E-state index contributed by atoms with van der Waals surface area (Å²) >= 11 is 0. The molecule has 0 radical (unpaired) electrons. The smallest absolute Gasteiger partial charge is 0.374 e. The molecule has 7 heteroatoms. The minimum atomic E-state index is -4.54. The third-order valence-corrected chi connectivity index (χ3v) is 2.26. The topological polar surface area (TPSA) is 33.7 Å². The maximum absolute atomic E-state index is 11.6. The van der Waals surface area contributed by atoms with Gasteiger partial charge in [0.05, 0.1) is 19.3 Å². The molecule has 0 aromatic heterocycles. The molecular formula is C9H17F3N2O2. The fourth-order valence-corrected chi connectivity index (χ4v) is 1.49. The van der Waals surface area contributed by atoms with Gasteiger partial charge in [0.1, 0.15) is 0 Å². The third-order valence-electron chi connectivity index (χ3n) is 2.26. The number of nitrogens with zero attached hydrogens (tertiary/aromatic N) is 1. The van der Waals surface area contributed by atoms with Gasteiger partial charge in [-0.1, -0.05) is 0 Å². The molecule has 0 amide bonds. The summed E-state index contributed by atoms with van der Waals surface area (Å²) < 4.78 is 43.9. The summed E-state index contributed by atoms with van der Waals surface area (Å²) in [7, 11) is 1.99. The standard InChI is InChI=1S/C9H17F3N2O2/c1-14-3-5-15-8(7-14)6-13-2-4-16-9(10,11)12/h8,13H,2-7H2,1H3. The molecule has 1 unspecified atom stereocenters. The van der Waals surface area contributed by atoms with Crippen LogP contribution >= 0.6 is 0 Å². The number of morpholine rings is 1. The molecule has 0 spiro atoms. The highest BCUT2D eigenvalue weighted by Gasteiger charge is 2.28. The van der Waals surface area contributed by atoms with Crippen molar-refractivity contribution in [3.8, 4) is 0 Å². The lowest BCUT2D eigenvalue weighted by atomic mass is 10.3. The minimum Gasteiger partial charge on any atom is -0.374 e. The third kappa shape index (κ3) is 6.26. The van der Waals surface area contributed by atoms with Crippen molar-refractivity contribution in [2.24, 2.45) is 0 Å². The summed E-state index contributed by atoms with van der Waals surface area (Å²) in [5, 5.41) is 2.87. The van der Waals surface area contributed by atoms with Gasteiger partial charge in [0, 0.05) is 26.2 Å². The fraction of sp³-hybridized carbons (Fsp3) is 1.00. The van der Waals surface area contributed by atoms with E-state index < -0.39 is 6.36 Å². The van der Waals surface area contributed by atoms with Gasteiger partial charge >= 0.3 is 6.36 Å². The molecule has 1 rings (SSSR count). The average molecular weight is 242 g/mol. The predicted molar refractivity (Wildman–Crippen MR) is 52.1 cm³/mol. The molecule has 1 atom stereocenters. The van der Waals surface area contributed by atoms with E-state index in [2.05, 4.69) is 15.0 Å². The molecule has 1 aliphatic rings. The van der Waals surface area contributed by atoms with Crippen LogP contribution in [0.4, 0.5) is 13.2 Å². The Hall–Kier alpha value is -0.370. The number of alkyl halides is 3. The monoisotopic (exact) mass is 242 g/mol. The van der Waals surface area contributed by atoms with Crippen molar-refractivity contribution >= 4 is 0 Å². The van der Waals surface area contributed by atoms with E-state index in [0.29, 0.717) is 13.2 Å². The highest BCUT2D eigenvalue weighted by atomic mass is 19.4. The van der Waals surface area contributed by atoms with Crippen molar-refractivity contribution in [2.75, 3.05) is 46.4 Å². The largest absolute Gasteiger partial charge is 0.522 e. The van der Waals surface area contributed by atoms with Crippen LogP contribution in [0.2, 0.25) is 0 Å². The van der Waals surface area contributed by atoms with Gasteiger partial charge in [-0.15, -0.1) is 13.2 Å².